The number of benzene rings is 3. The summed E-state index contributed by atoms with van der Waals surface area (Å²) in [6, 6.07) is 25.8. The van der Waals surface area contributed by atoms with Crippen molar-refractivity contribution in [2.24, 2.45) is 0 Å². The third-order valence-corrected chi connectivity index (χ3v) is 4.80. The van der Waals surface area contributed by atoms with Gasteiger partial charge in [-0.25, -0.2) is 4.98 Å². The minimum Gasteiger partial charge on any atom is -0.372 e. The Morgan fingerprint density at radius 1 is 0.893 bits per heavy atom. The fourth-order valence-corrected chi connectivity index (χ4v) is 3.33. The first-order valence-electron chi connectivity index (χ1n) is 9.23. The van der Waals surface area contributed by atoms with Gasteiger partial charge in [-0.15, -0.1) is 0 Å². The summed E-state index contributed by atoms with van der Waals surface area (Å²) in [6.07, 6.45) is 0.542. The van der Waals surface area contributed by atoms with Crippen LogP contribution < -0.4 is 5.32 Å². The normalized spacial score (nSPS) is 11.5. The molecule has 0 saturated carbocycles. The summed E-state index contributed by atoms with van der Waals surface area (Å²) in [5.41, 5.74) is 1.17. The minimum absolute atomic E-state index is 0.362. The van der Waals surface area contributed by atoms with Gasteiger partial charge in [-0.1, -0.05) is 72.8 Å². The standard InChI is InChI=1S/C23H21N3O2/c27-22(24-16-15-21-25-19-13-7-8-14-20(19)26-21)23(28,17-9-3-1-4-10-17)18-11-5-2-6-12-18/h1-14,28H,15-16H2,(H,24,27)(H,25,26). The number of amides is 1. The Balaban J connectivity index is 1.53. The summed E-state index contributed by atoms with van der Waals surface area (Å²) in [6.45, 7) is 0.362. The Morgan fingerprint density at radius 2 is 1.46 bits per heavy atom. The van der Waals surface area contributed by atoms with Crippen LogP contribution in [0.2, 0.25) is 0 Å². The maximum Gasteiger partial charge on any atom is 0.261 e. The van der Waals surface area contributed by atoms with Crippen LogP contribution in [-0.2, 0) is 16.8 Å². The molecule has 0 bridgehead atoms. The molecule has 0 unspecified atom stereocenters. The van der Waals surface area contributed by atoms with Crippen LogP contribution in [0.15, 0.2) is 84.9 Å². The van der Waals surface area contributed by atoms with Gasteiger partial charge in [0, 0.05) is 13.0 Å². The van der Waals surface area contributed by atoms with E-state index in [-0.39, 0.29) is 0 Å². The van der Waals surface area contributed by atoms with Crippen LogP contribution in [0.3, 0.4) is 0 Å². The van der Waals surface area contributed by atoms with Crippen molar-refractivity contribution in [2.75, 3.05) is 6.54 Å². The number of nitrogens with one attached hydrogen (secondary N) is 2. The largest absolute Gasteiger partial charge is 0.372 e. The van der Waals surface area contributed by atoms with Gasteiger partial charge in [0.15, 0.2) is 5.60 Å². The molecule has 1 aromatic heterocycles. The number of imidazole rings is 1. The highest BCUT2D eigenvalue weighted by molar-refractivity contribution is 5.90. The average Bonchev–Trinajstić information content (AvgIpc) is 3.17. The summed E-state index contributed by atoms with van der Waals surface area (Å²) >= 11 is 0. The number of nitrogens with zero attached hydrogens (tertiary/aromatic N) is 1. The number of aliphatic hydroxyl groups is 1. The highest BCUT2D eigenvalue weighted by Crippen LogP contribution is 2.29. The van der Waals surface area contributed by atoms with Crippen LogP contribution >= 0.6 is 0 Å². The lowest BCUT2D eigenvalue weighted by Gasteiger charge is -2.28. The first-order valence-corrected chi connectivity index (χ1v) is 9.23. The molecule has 0 spiro atoms. The molecule has 1 heterocycles. The number of hydrogen-bond donors (Lipinski definition) is 3. The Bertz CT molecular complexity index is 1000. The molecule has 28 heavy (non-hydrogen) atoms. The molecule has 0 saturated heterocycles. The van der Waals surface area contributed by atoms with Gasteiger partial charge in [0.1, 0.15) is 5.82 Å². The molecule has 3 aromatic carbocycles. The van der Waals surface area contributed by atoms with E-state index in [1.54, 1.807) is 24.3 Å². The second-order valence-corrected chi connectivity index (χ2v) is 6.65. The number of aromatic amines is 1. The molecule has 4 aromatic rings. The van der Waals surface area contributed by atoms with Gasteiger partial charge in [0.05, 0.1) is 11.0 Å². The molecule has 4 rings (SSSR count). The molecule has 5 heteroatoms. The van der Waals surface area contributed by atoms with Crippen LogP contribution in [0, 0.1) is 0 Å². The van der Waals surface area contributed by atoms with Crippen molar-refractivity contribution in [1.82, 2.24) is 15.3 Å². The average molecular weight is 371 g/mol. The summed E-state index contributed by atoms with van der Waals surface area (Å²) in [5.74, 6) is 0.338. The Kier molecular flexibility index (Phi) is 4.91. The van der Waals surface area contributed by atoms with E-state index in [1.807, 2.05) is 60.7 Å². The number of hydrogen-bond acceptors (Lipinski definition) is 3. The second-order valence-electron chi connectivity index (χ2n) is 6.65. The van der Waals surface area contributed by atoms with E-state index in [4.69, 9.17) is 0 Å². The quantitative estimate of drug-likeness (QED) is 0.487. The van der Waals surface area contributed by atoms with Crippen molar-refractivity contribution in [1.29, 1.82) is 0 Å². The lowest BCUT2D eigenvalue weighted by molar-refractivity contribution is -0.136. The number of H-pyrrole nitrogens is 1. The number of aromatic nitrogens is 2. The molecule has 1 amide bonds. The van der Waals surface area contributed by atoms with Crippen LogP contribution in [0.25, 0.3) is 11.0 Å². The molecule has 0 aliphatic heterocycles. The smallest absolute Gasteiger partial charge is 0.261 e. The van der Waals surface area contributed by atoms with Crippen molar-refractivity contribution >= 4 is 16.9 Å². The van der Waals surface area contributed by atoms with E-state index in [2.05, 4.69) is 15.3 Å². The third kappa shape index (κ3) is 3.40. The molecule has 0 aliphatic rings. The van der Waals surface area contributed by atoms with Crippen molar-refractivity contribution in [2.45, 2.75) is 12.0 Å². The van der Waals surface area contributed by atoms with E-state index >= 15 is 0 Å². The van der Waals surface area contributed by atoms with Gasteiger partial charge in [0.2, 0.25) is 0 Å². The second kappa shape index (κ2) is 7.66. The lowest BCUT2D eigenvalue weighted by Crippen LogP contribution is -2.46. The van der Waals surface area contributed by atoms with Crippen LogP contribution in [0.1, 0.15) is 17.0 Å². The topological polar surface area (TPSA) is 78.0 Å². The van der Waals surface area contributed by atoms with Crippen molar-refractivity contribution in [3.63, 3.8) is 0 Å². The summed E-state index contributed by atoms with van der Waals surface area (Å²) in [5, 5.41) is 14.3. The van der Waals surface area contributed by atoms with E-state index in [1.165, 1.54) is 0 Å². The van der Waals surface area contributed by atoms with Crippen molar-refractivity contribution < 1.29 is 9.90 Å². The van der Waals surface area contributed by atoms with E-state index < -0.39 is 11.5 Å². The maximum absolute atomic E-state index is 13.0. The first-order chi connectivity index (χ1) is 13.7. The molecule has 0 atom stereocenters. The van der Waals surface area contributed by atoms with Gasteiger partial charge in [-0.2, -0.15) is 0 Å². The van der Waals surface area contributed by atoms with E-state index in [0.29, 0.717) is 24.1 Å². The molecular formula is C23H21N3O2. The highest BCUT2D eigenvalue weighted by atomic mass is 16.3. The zero-order valence-corrected chi connectivity index (χ0v) is 15.3. The number of fused-ring (bicyclic) bond motifs is 1. The third-order valence-electron chi connectivity index (χ3n) is 4.80. The molecular weight excluding hydrogens is 350 g/mol. The van der Waals surface area contributed by atoms with Crippen LogP contribution in [-0.4, -0.2) is 27.5 Å². The monoisotopic (exact) mass is 371 g/mol. The summed E-state index contributed by atoms with van der Waals surface area (Å²) in [4.78, 5) is 20.8. The predicted molar refractivity (Wildman–Crippen MR) is 109 cm³/mol. The zero-order chi connectivity index (χ0) is 19.4. The number of carbonyl (C=O) groups is 1. The molecule has 140 valence electrons. The number of carbonyl (C=O) groups excluding carboxylic acids is 1. The number of para-hydroxylation sites is 2. The first kappa shape index (κ1) is 17.9. The molecule has 3 N–H and O–H groups in total. The van der Waals surface area contributed by atoms with Crippen LogP contribution in [0.5, 0.6) is 0 Å². The van der Waals surface area contributed by atoms with Crippen molar-refractivity contribution in [3.8, 4) is 0 Å². The molecule has 0 radical (unpaired) electrons. The molecule has 0 aliphatic carbocycles. The van der Waals surface area contributed by atoms with Gasteiger partial charge >= 0.3 is 0 Å². The Hall–Kier alpha value is -3.44. The van der Waals surface area contributed by atoms with E-state index in [9.17, 15) is 9.90 Å². The maximum atomic E-state index is 13.0. The van der Waals surface area contributed by atoms with Gasteiger partial charge in [-0.05, 0) is 23.3 Å². The fraction of sp³-hybridized carbons (Fsp3) is 0.130. The van der Waals surface area contributed by atoms with Gasteiger partial charge < -0.3 is 15.4 Å². The predicted octanol–water partition coefficient (Wildman–Crippen LogP) is 3.16. The van der Waals surface area contributed by atoms with Crippen LogP contribution in [0.4, 0.5) is 0 Å². The Labute approximate surface area is 163 Å². The summed E-state index contributed by atoms with van der Waals surface area (Å²) in [7, 11) is 0. The number of rotatable bonds is 6. The molecule has 0 fully saturated rings. The highest BCUT2D eigenvalue weighted by Gasteiger charge is 2.39. The summed E-state index contributed by atoms with van der Waals surface area (Å²) < 4.78 is 0. The fourth-order valence-electron chi connectivity index (χ4n) is 3.33. The van der Waals surface area contributed by atoms with E-state index in [0.717, 1.165) is 16.9 Å². The van der Waals surface area contributed by atoms with Gasteiger partial charge in [-0.3, -0.25) is 4.79 Å². The van der Waals surface area contributed by atoms with Crippen molar-refractivity contribution in [3.05, 3.63) is 102 Å². The minimum atomic E-state index is -1.75. The zero-order valence-electron chi connectivity index (χ0n) is 15.3. The lowest BCUT2D eigenvalue weighted by atomic mass is 9.85. The molecule has 5 nitrogen and oxygen atoms in total. The van der Waals surface area contributed by atoms with Gasteiger partial charge in [0.25, 0.3) is 5.91 Å². The SMILES string of the molecule is O=C(NCCc1nc2ccccc2[nH]1)C(O)(c1ccccc1)c1ccccc1. The Morgan fingerprint density at radius 3 is 2.07 bits per heavy atom.